The zero-order valence-electron chi connectivity index (χ0n) is 15.4. The van der Waals surface area contributed by atoms with Crippen molar-refractivity contribution in [2.75, 3.05) is 6.54 Å². The lowest BCUT2D eigenvalue weighted by atomic mass is 9.95. The molecule has 0 saturated heterocycles. The third-order valence-corrected chi connectivity index (χ3v) is 4.98. The molecular formula is C21H27FN2O. The van der Waals surface area contributed by atoms with Crippen molar-refractivity contribution in [3.05, 3.63) is 58.2 Å². The van der Waals surface area contributed by atoms with E-state index in [1.165, 1.54) is 29.8 Å². The van der Waals surface area contributed by atoms with E-state index in [1.807, 2.05) is 0 Å². The summed E-state index contributed by atoms with van der Waals surface area (Å²) in [4.78, 5) is 12.9. The fraction of sp³-hybridized carbons (Fsp3) is 0.476. The number of amides is 1. The van der Waals surface area contributed by atoms with Crippen LogP contribution in [-0.2, 0) is 19.4 Å². The van der Waals surface area contributed by atoms with Gasteiger partial charge >= 0.3 is 0 Å². The summed E-state index contributed by atoms with van der Waals surface area (Å²) in [6, 6.07) is 6.57. The van der Waals surface area contributed by atoms with Gasteiger partial charge in [0, 0.05) is 18.8 Å². The summed E-state index contributed by atoms with van der Waals surface area (Å²) < 4.78 is 15.4. The largest absolute Gasteiger partial charge is 0.350 e. The normalized spacial score (nSPS) is 13.8. The van der Waals surface area contributed by atoms with E-state index < -0.39 is 0 Å². The highest BCUT2D eigenvalue weighted by atomic mass is 19.1. The summed E-state index contributed by atoms with van der Waals surface area (Å²) >= 11 is 0. The Labute approximate surface area is 149 Å². The summed E-state index contributed by atoms with van der Waals surface area (Å²) in [6.45, 7) is 7.53. The molecule has 0 saturated carbocycles. The van der Waals surface area contributed by atoms with E-state index in [2.05, 4.69) is 30.7 Å². The molecule has 134 valence electrons. The number of nitrogens with zero attached hydrogens (tertiary/aromatic N) is 1. The van der Waals surface area contributed by atoms with Gasteiger partial charge in [-0.2, -0.15) is 0 Å². The number of carbonyl (C=O) groups excluding carboxylic acids is 1. The van der Waals surface area contributed by atoms with Crippen LogP contribution in [0.2, 0.25) is 0 Å². The molecule has 1 heterocycles. The number of hydrogen-bond donors (Lipinski definition) is 1. The van der Waals surface area contributed by atoms with Crippen LogP contribution >= 0.6 is 0 Å². The van der Waals surface area contributed by atoms with E-state index >= 15 is 0 Å². The van der Waals surface area contributed by atoms with Gasteiger partial charge in [-0.1, -0.05) is 26.0 Å². The zero-order valence-corrected chi connectivity index (χ0v) is 15.4. The van der Waals surface area contributed by atoms with E-state index in [0.29, 0.717) is 19.0 Å². The molecule has 1 aromatic heterocycles. The Hall–Kier alpha value is -2.10. The van der Waals surface area contributed by atoms with Crippen molar-refractivity contribution < 1.29 is 9.18 Å². The Morgan fingerprint density at radius 2 is 1.88 bits per heavy atom. The van der Waals surface area contributed by atoms with Gasteiger partial charge in [-0.05, 0) is 67.3 Å². The average molecular weight is 342 g/mol. The summed E-state index contributed by atoms with van der Waals surface area (Å²) in [5.41, 5.74) is 5.52. The van der Waals surface area contributed by atoms with Crippen molar-refractivity contribution in [1.29, 1.82) is 0 Å². The maximum Gasteiger partial charge on any atom is 0.268 e. The van der Waals surface area contributed by atoms with Gasteiger partial charge in [0.1, 0.15) is 11.5 Å². The molecule has 0 unspecified atom stereocenters. The van der Waals surface area contributed by atoms with Crippen molar-refractivity contribution >= 4 is 5.91 Å². The lowest BCUT2D eigenvalue weighted by Crippen LogP contribution is -2.30. The standard InChI is InChI=1S/C21H27FN2O/c1-14(2)12-23-21(25)20-15(3)18-6-4-5-7-19(18)24(20)13-16-8-10-17(22)11-9-16/h8-11,14H,4-7,12-13H2,1-3H3,(H,23,25). The van der Waals surface area contributed by atoms with Crippen LogP contribution in [0.5, 0.6) is 0 Å². The van der Waals surface area contributed by atoms with Crippen molar-refractivity contribution in [3.63, 3.8) is 0 Å². The maximum atomic E-state index is 13.2. The third-order valence-electron chi connectivity index (χ3n) is 4.98. The van der Waals surface area contributed by atoms with Crippen molar-refractivity contribution in [2.45, 2.75) is 53.0 Å². The average Bonchev–Trinajstić information content (AvgIpc) is 2.87. The Balaban J connectivity index is 1.99. The predicted molar refractivity (Wildman–Crippen MR) is 98.5 cm³/mol. The highest BCUT2D eigenvalue weighted by molar-refractivity contribution is 5.95. The molecule has 2 aromatic rings. The first-order valence-electron chi connectivity index (χ1n) is 9.21. The van der Waals surface area contributed by atoms with Crippen molar-refractivity contribution in [2.24, 2.45) is 5.92 Å². The van der Waals surface area contributed by atoms with Crippen molar-refractivity contribution in [3.8, 4) is 0 Å². The quantitative estimate of drug-likeness (QED) is 0.866. The SMILES string of the molecule is Cc1c2c(n(Cc3ccc(F)cc3)c1C(=O)NCC(C)C)CCCC2. The Morgan fingerprint density at radius 3 is 2.56 bits per heavy atom. The number of carbonyl (C=O) groups is 1. The first-order chi connectivity index (χ1) is 12.0. The second-order valence-electron chi connectivity index (χ2n) is 7.42. The molecule has 3 nitrogen and oxygen atoms in total. The molecule has 3 rings (SSSR count). The molecule has 25 heavy (non-hydrogen) atoms. The minimum atomic E-state index is -0.232. The first-order valence-corrected chi connectivity index (χ1v) is 9.21. The molecule has 4 heteroatoms. The van der Waals surface area contributed by atoms with Crippen LogP contribution in [0.1, 0.15) is 59.6 Å². The Kier molecular flexibility index (Phi) is 5.26. The van der Waals surface area contributed by atoms with Gasteiger partial charge in [0.25, 0.3) is 5.91 Å². The molecular weight excluding hydrogens is 315 g/mol. The number of fused-ring (bicyclic) bond motifs is 1. The molecule has 1 aliphatic rings. The van der Waals surface area contributed by atoms with Crippen LogP contribution in [0.4, 0.5) is 4.39 Å². The van der Waals surface area contributed by atoms with Gasteiger partial charge in [-0.25, -0.2) is 4.39 Å². The summed E-state index contributed by atoms with van der Waals surface area (Å²) in [5, 5.41) is 3.06. The van der Waals surface area contributed by atoms with Crippen molar-refractivity contribution in [1.82, 2.24) is 9.88 Å². The monoisotopic (exact) mass is 342 g/mol. The number of halogens is 1. The molecule has 0 aliphatic heterocycles. The smallest absolute Gasteiger partial charge is 0.268 e. The van der Waals surface area contributed by atoms with Gasteiger partial charge < -0.3 is 9.88 Å². The second kappa shape index (κ2) is 7.42. The van der Waals surface area contributed by atoms with Gasteiger partial charge in [0.2, 0.25) is 0 Å². The minimum absolute atomic E-state index is 0.00251. The fourth-order valence-electron chi connectivity index (χ4n) is 3.69. The number of nitrogens with one attached hydrogen (secondary N) is 1. The molecule has 0 fully saturated rings. The fourth-order valence-corrected chi connectivity index (χ4v) is 3.69. The lowest BCUT2D eigenvalue weighted by molar-refractivity contribution is 0.0939. The summed E-state index contributed by atoms with van der Waals surface area (Å²) in [6.07, 6.45) is 4.39. The molecule has 0 bridgehead atoms. The van der Waals surface area contributed by atoms with Crippen LogP contribution in [-0.4, -0.2) is 17.0 Å². The van der Waals surface area contributed by atoms with Crippen LogP contribution in [0.3, 0.4) is 0 Å². The van der Waals surface area contributed by atoms with Crippen LogP contribution < -0.4 is 5.32 Å². The summed E-state index contributed by atoms with van der Waals surface area (Å²) in [5.74, 6) is 0.187. The summed E-state index contributed by atoms with van der Waals surface area (Å²) in [7, 11) is 0. The molecule has 1 aromatic carbocycles. The molecule has 0 atom stereocenters. The van der Waals surface area contributed by atoms with Gasteiger partial charge in [0.05, 0.1) is 0 Å². The van der Waals surface area contributed by atoms with Crippen LogP contribution in [0.25, 0.3) is 0 Å². The van der Waals surface area contributed by atoms with Gasteiger partial charge in [-0.3, -0.25) is 4.79 Å². The van der Waals surface area contributed by atoms with Crippen LogP contribution in [0.15, 0.2) is 24.3 Å². The zero-order chi connectivity index (χ0) is 18.0. The Morgan fingerprint density at radius 1 is 1.20 bits per heavy atom. The van der Waals surface area contributed by atoms with E-state index in [1.54, 1.807) is 12.1 Å². The van der Waals surface area contributed by atoms with Gasteiger partial charge in [0.15, 0.2) is 0 Å². The molecule has 0 spiro atoms. The van der Waals surface area contributed by atoms with E-state index in [9.17, 15) is 9.18 Å². The Bertz CT molecular complexity index is 759. The molecule has 1 aliphatic carbocycles. The molecule has 1 N–H and O–H groups in total. The van der Waals surface area contributed by atoms with E-state index in [-0.39, 0.29) is 11.7 Å². The maximum absolute atomic E-state index is 13.2. The molecule has 0 radical (unpaired) electrons. The first kappa shape index (κ1) is 17.7. The highest BCUT2D eigenvalue weighted by Crippen LogP contribution is 2.30. The second-order valence-corrected chi connectivity index (χ2v) is 7.42. The predicted octanol–water partition coefficient (Wildman–Crippen LogP) is 4.25. The number of aromatic nitrogens is 1. The van der Waals surface area contributed by atoms with Crippen LogP contribution in [0, 0.1) is 18.7 Å². The number of rotatable bonds is 5. The highest BCUT2D eigenvalue weighted by Gasteiger charge is 2.26. The van der Waals surface area contributed by atoms with E-state index in [0.717, 1.165) is 36.1 Å². The lowest BCUT2D eigenvalue weighted by Gasteiger charge is -2.17. The molecule has 1 amide bonds. The van der Waals surface area contributed by atoms with Gasteiger partial charge in [-0.15, -0.1) is 0 Å². The minimum Gasteiger partial charge on any atom is -0.350 e. The van der Waals surface area contributed by atoms with E-state index in [4.69, 9.17) is 0 Å². The number of benzene rings is 1. The topological polar surface area (TPSA) is 34.0 Å². The third kappa shape index (κ3) is 3.78. The number of hydrogen-bond acceptors (Lipinski definition) is 1.